The van der Waals surface area contributed by atoms with Gasteiger partial charge in [0.25, 0.3) is 5.91 Å². The first-order chi connectivity index (χ1) is 13.1. The predicted octanol–water partition coefficient (Wildman–Crippen LogP) is 1.97. The highest BCUT2D eigenvalue weighted by Crippen LogP contribution is 2.41. The predicted molar refractivity (Wildman–Crippen MR) is 99.2 cm³/mol. The van der Waals surface area contributed by atoms with Crippen LogP contribution in [0.4, 0.5) is 10.5 Å². The van der Waals surface area contributed by atoms with E-state index in [9.17, 15) is 14.4 Å². The number of imide groups is 1. The Morgan fingerprint density at radius 2 is 1.74 bits per heavy atom. The Hall–Kier alpha value is -3.15. The van der Waals surface area contributed by atoms with Crippen molar-refractivity contribution in [2.75, 3.05) is 18.0 Å². The molecule has 1 atom stereocenters. The lowest BCUT2D eigenvalue weighted by atomic mass is 9.92. The van der Waals surface area contributed by atoms with Crippen LogP contribution in [-0.2, 0) is 28.0 Å². The number of urea groups is 1. The normalized spacial score (nSPS) is 23.0. The average Bonchev–Trinajstić information content (AvgIpc) is 3.34. The van der Waals surface area contributed by atoms with E-state index in [2.05, 4.69) is 5.32 Å². The summed E-state index contributed by atoms with van der Waals surface area (Å²) in [6.45, 7) is 0.346. The smallest absolute Gasteiger partial charge is 0.319 e. The molecule has 0 aromatic heterocycles. The maximum Gasteiger partial charge on any atom is 0.325 e. The summed E-state index contributed by atoms with van der Waals surface area (Å²) in [7, 11) is 0. The Labute approximate surface area is 156 Å². The fourth-order valence-electron chi connectivity index (χ4n) is 4.55. The van der Waals surface area contributed by atoms with Crippen LogP contribution in [0.3, 0.4) is 0 Å². The molecule has 6 heteroatoms. The van der Waals surface area contributed by atoms with Crippen molar-refractivity contribution >= 4 is 23.5 Å². The van der Waals surface area contributed by atoms with Gasteiger partial charge in [0.15, 0.2) is 0 Å². The van der Waals surface area contributed by atoms with Crippen LogP contribution < -0.4 is 10.2 Å². The second-order valence-electron chi connectivity index (χ2n) is 7.31. The minimum atomic E-state index is -1.02. The van der Waals surface area contributed by atoms with Gasteiger partial charge >= 0.3 is 6.03 Å². The summed E-state index contributed by atoms with van der Waals surface area (Å²) in [5.74, 6) is -0.551. The summed E-state index contributed by atoms with van der Waals surface area (Å²) in [5.41, 5.74) is 2.90. The first-order valence-corrected chi connectivity index (χ1v) is 9.21. The van der Waals surface area contributed by atoms with Crippen molar-refractivity contribution in [3.8, 4) is 0 Å². The maximum absolute atomic E-state index is 13.2. The minimum absolute atomic E-state index is 0.230. The number of hydrogen-bond acceptors (Lipinski definition) is 3. The Morgan fingerprint density at radius 3 is 2.59 bits per heavy atom. The zero-order chi connectivity index (χ0) is 18.6. The van der Waals surface area contributed by atoms with Crippen LogP contribution in [0.5, 0.6) is 0 Å². The van der Waals surface area contributed by atoms with Gasteiger partial charge in [-0.3, -0.25) is 14.5 Å². The Bertz CT molecular complexity index is 986. The van der Waals surface area contributed by atoms with E-state index < -0.39 is 11.6 Å². The molecule has 5 rings (SSSR count). The molecule has 2 aliphatic heterocycles. The number of aryl methyl sites for hydroxylation is 1. The summed E-state index contributed by atoms with van der Waals surface area (Å²) in [6.07, 6.45) is 2.07. The molecular weight excluding hydrogens is 342 g/mol. The molecule has 1 N–H and O–H groups in total. The van der Waals surface area contributed by atoms with Gasteiger partial charge in [0, 0.05) is 12.2 Å². The standard InChI is InChI=1S/C21H19N3O3/c25-18(23-12-10-15-6-2-4-8-17(15)23)13-24-19(26)21(22-20(24)27)11-9-14-5-1-3-7-16(14)21/h1-8H,9-13H2,(H,22,27)/t21-/m1/s1. The van der Waals surface area contributed by atoms with E-state index in [1.165, 1.54) is 0 Å². The van der Waals surface area contributed by atoms with Crippen molar-refractivity contribution in [2.45, 2.75) is 24.8 Å². The van der Waals surface area contributed by atoms with E-state index >= 15 is 0 Å². The number of nitrogens with one attached hydrogen (secondary N) is 1. The van der Waals surface area contributed by atoms with Gasteiger partial charge in [-0.1, -0.05) is 42.5 Å². The van der Waals surface area contributed by atoms with Gasteiger partial charge in [-0.25, -0.2) is 4.79 Å². The largest absolute Gasteiger partial charge is 0.325 e. The molecule has 0 saturated carbocycles. The molecule has 0 bridgehead atoms. The fourth-order valence-corrected chi connectivity index (χ4v) is 4.55. The lowest BCUT2D eigenvalue weighted by Gasteiger charge is -2.23. The third-order valence-corrected chi connectivity index (χ3v) is 5.90. The Kier molecular flexibility index (Phi) is 3.37. The maximum atomic E-state index is 13.2. The molecule has 6 nitrogen and oxygen atoms in total. The molecule has 1 fully saturated rings. The van der Waals surface area contributed by atoms with Gasteiger partial charge in [-0.05, 0) is 42.0 Å². The molecule has 136 valence electrons. The Morgan fingerprint density at radius 1 is 1.00 bits per heavy atom. The summed E-state index contributed by atoms with van der Waals surface area (Å²) in [4.78, 5) is 41.3. The fraction of sp³-hybridized carbons (Fsp3) is 0.286. The van der Waals surface area contributed by atoms with Crippen LogP contribution in [0.2, 0.25) is 0 Å². The zero-order valence-electron chi connectivity index (χ0n) is 14.8. The lowest BCUT2D eigenvalue weighted by Crippen LogP contribution is -2.44. The molecule has 2 heterocycles. The number of nitrogens with zero attached hydrogens (tertiary/aromatic N) is 2. The van der Waals surface area contributed by atoms with Gasteiger partial charge in [-0.2, -0.15) is 0 Å². The van der Waals surface area contributed by atoms with E-state index in [1.54, 1.807) is 4.90 Å². The third kappa shape index (κ3) is 2.22. The number of anilines is 1. The van der Waals surface area contributed by atoms with Crippen molar-refractivity contribution in [3.63, 3.8) is 0 Å². The van der Waals surface area contributed by atoms with Gasteiger partial charge < -0.3 is 10.2 Å². The second kappa shape index (κ2) is 5.67. The summed E-state index contributed by atoms with van der Waals surface area (Å²) in [5, 5.41) is 2.87. The van der Waals surface area contributed by atoms with Crippen molar-refractivity contribution in [2.24, 2.45) is 0 Å². The molecule has 1 spiro atoms. The third-order valence-electron chi connectivity index (χ3n) is 5.90. The number of carbonyl (C=O) groups is 3. The van der Waals surface area contributed by atoms with Gasteiger partial charge in [0.2, 0.25) is 5.91 Å². The number of fused-ring (bicyclic) bond motifs is 3. The van der Waals surface area contributed by atoms with E-state index in [4.69, 9.17) is 0 Å². The van der Waals surface area contributed by atoms with Crippen LogP contribution in [0.1, 0.15) is 23.1 Å². The second-order valence-corrected chi connectivity index (χ2v) is 7.31. The first-order valence-electron chi connectivity index (χ1n) is 9.21. The minimum Gasteiger partial charge on any atom is -0.319 e. The highest BCUT2D eigenvalue weighted by molar-refractivity contribution is 6.11. The number of hydrogen-bond donors (Lipinski definition) is 1. The number of carbonyl (C=O) groups excluding carboxylic acids is 3. The number of amides is 4. The van der Waals surface area contributed by atoms with E-state index in [0.29, 0.717) is 13.0 Å². The van der Waals surface area contributed by atoms with Crippen LogP contribution >= 0.6 is 0 Å². The van der Waals surface area contributed by atoms with Crippen molar-refractivity contribution in [1.82, 2.24) is 10.2 Å². The van der Waals surface area contributed by atoms with Crippen LogP contribution in [0.15, 0.2) is 48.5 Å². The number of para-hydroxylation sites is 1. The van der Waals surface area contributed by atoms with Crippen molar-refractivity contribution in [3.05, 3.63) is 65.2 Å². The van der Waals surface area contributed by atoms with Crippen LogP contribution in [-0.4, -0.2) is 35.8 Å². The molecule has 3 aliphatic rings. The highest BCUT2D eigenvalue weighted by atomic mass is 16.2. The molecule has 2 aromatic rings. The molecule has 1 aliphatic carbocycles. The molecule has 27 heavy (non-hydrogen) atoms. The molecule has 4 amide bonds. The van der Waals surface area contributed by atoms with Gasteiger partial charge in [0.1, 0.15) is 12.1 Å². The first kappa shape index (κ1) is 16.1. The average molecular weight is 361 g/mol. The summed E-state index contributed by atoms with van der Waals surface area (Å²) in [6, 6.07) is 14.9. The molecule has 0 radical (unpaired) electrons. The molecule has 0 unspecified atom stereocenters. The SMILES string of the molecule is O=C1N[C@@]2(CCc3ccccc32)C(=O)N1CC(=O)N1CCc2ccccc21. The van der Waals surface area contributed by atoms with E-state index in [1.807, 2.05) is 48.5 Å². The number of rotatable bonds is 2. The highest BCUT2D eigenvalue weighted by Gasteiger charge is 2.55. The topological polar surface area (TPSA) is 69.7 Å². The summed E-state index contributed by atoms with van der Waals surface area (Å²) >= 11 is 0. The molecule has 1 saturated heterocycles. The van der Waals surface area contributed by atoms with E-state index in [-0.39, 0.29) is 18.4 Å². The quantitative estimate of drug-likeness (QED) is 0.832. The van der Waals surface area contributed by atoms with Crippen LogP contribution in [0, 0.1) is 0 Å². The monoisotopic (exact) mass is 361 g/mol. The number of benzene rings is 2. The van der Waals surface area contributed by atoms with Gasteiger partial charge in [0.05, 0.1) is 0 Å². The lowest BCUT2D eigenvalue weighted by molar-refractivity contribution is -0.134. The van der Waals surface area contributed by atoms with Gasteiger partial charge in [-0.15, -0.1) is 0 Å². The van der Waals surface area contributed by atoms with Crippen molar-refractivity contribution in [1.29, 1.82) is 0 Å². The Balaban J connectivity index is 1.40. The van der Waals surface area contributed by atoms with Crippen molar-refractivity contribution < 1.29 is 14.4 Å². The molecule has 2 aromatic carbocycles. The summed E-state index contributed by atoms with van der Waals surface area (Å²) < 4.78 is 0. The van der Waals surface area contributed by atoms with E-state index in [0.717, 1.165) is 40.1 Å². The zero-order valence-corrected chi connectivity index (χ0v) is 14.8. The molecular formula is C21H19N3O3. The van der Waals surface area contributed by atoms with Crippen LogP contribution in [0.25, 0.3) is 0 Å².